The van der Waals surface area contributed by atoms with Gasteiger partial charge >= 0.3 is 6.03 Å². The Morgan fingerprint density at radius 3 is 2.29 bits per heavy atom. The van der Waals surface area contributed by atoms with Crippen LogP contribution in [0.3, 0.4) is 0 Å². The van der Waals surface area contributed by atoms with Crippen LogP contribution in [0.15, 0.2) is 0 Å². The monoisotopic (exact) mass is 296 g/mol. The predicted molar refractivity (Wildman–Crippen MR) is 80.9 cm³/mol. The highest BCUT2D eigenvalue weighted by Gasteiger charge is 2.38. The van der Waals surface area contributed by atoms with Crippen molar-refractivity contribution in [1.29, 1.82) is 0 Å². The zero-order valence-corrected chi connectivity index (χ0v) is 13.1. The van der Waals surface area contributed by atoms with Crippen LogP contribution >= 0.6 is 0 Å². The topological polar surface area (TPSA) is 81.4 Å². The Labute approximate surface area is 127 Å². The van der Waals surface area contributed by atoms with E-state index in [1.54, 1.807) is 0 Å². The zero-order valence-electron chi connectivity index (χ0n) is 13.1. The van der Waals surface area contributed by atoms with Gasteiger partial charge in [-0.05, 0) is 32.1 Å². The number of Topliss-reactive ketones (excluding diaryl/α,β-unsaturated/α-hetero) is 1. The number of carbonyl (C=O) groups is 2. The minimum Gasteiger partial charge on any atom is -0.381 e. The van der Waals surface area contributed by atoms with E-state index in [0.717, 1.165) is 38.5 Å². The molecule has 0 radical (unpaired) electrons. The standard InChI is InChI=1S/C16H28N2O3/c1-15(9-11-21-12-10-15)13(19)5-8-16(18-14(17)20)6-3-2-4-7-16/h2-12H2,1H3,(H3,17,18,20). The number of ketones is 1. The number of hydrogen-bond donors (Lipinski definition) is 2. The molecule has 0 atom stereocenters. The third-order valence-electron chi connectivity index (χ3n) is 5.30. The maximum absolute atomic E-state index is 12.6. The molecule has 5 nitrogen and oxygen atoms in total. The quantitative estimate of drug-likeness (QED) is 0.818. The van der Waals surface area contributed by atoms with Crippen LogP contribution in [0.4, 0.5) is 4.79 Å². The fourth-order valence-corrected chi connectivity index (χ4v) is 3.68. The van der Waals surface area contributed by atoms with E-state index in [1.807, 2.05) is 6.92 Å². The van der Waals surface area contributed by atoms with Crippen molar-refractivity contribution in [2.45, 2.75) is 70.3 Å². The van der Waals surface area contributed by atoms with Crippen molar-refractivity contribution >= 4 is 11.8 Å². The number of ether oxygens (including phenoxy) is 1. The number of nitrogens with one attached hydrogen (secondary N) is 1. The summed E-state index contributed by atoms with van der Waals surface area (Å²) in [5.74, 6) is 0.307. The van der Waals surface area contributed by atoms with E-state index < -0.39 is 6.03 Å². The second-order valence-electron chi connectivity index (χ2n) is 6.93. The smallest absolute Gasteiger partial charge is 0.312 e. The Morgan fingerprint density at radius 2 is 1.71 bits per heavy atom. The van der Waals surface area contributed by atoms with Crippen LogP contribution in [0, 0.1) is 5.41 Å². The average molecular weight is 296 g/mol. The molecule has 2 amide bonds. The lowest BCUT2D eigenvalue weighted by Crippen LogP contribution is -2.52. The first-order valence-electron chi connectivity index (χ1n) is 8.15. The van der Waals surface area contributed by atoms with Crippen LogP contribution in [0.1, 0.15) is 64.7 Å². The predicted octanol–water partition coefficient (Wildman–Crippen LogP) is 2.52. The van der Waals surface area contributed by atoms with Crippen molar-refractivity contribution in [3.8, 4) is 0 Å². The van der Waals surface area contributed by atoms with Gasteiger partial charge in [-0.15, -0.1) is 0 Å². The van der Waals surface area contributed by atoms with E-state index in [1.165, 1.54) is 6.42 Å². The summed E-state index contributed by atoms with van der Waals surface area (Å²) in [6, 6.07) is -0.471. The third-order valence-corrected chi connectivity index (χ3v) is 5.30. The van der Waals surface area contributed by atoms with Crippen molar-refractivity contribution in [3.63, 3.8) is 0 Å². The summed E-state index contributed by atoms with van der Waals surface area (Å²) in [6.45, 7) is 3.40. The average Bonchev–Trinajstić information content (AvgIpc) is 2.46. The highest BCUT2D eigenvalue weighted by Crippen LogP contribution is 2.36. The van der Waals surface area contributed by atoms with Crippen LogP contribution in [-0.4, -0.2) is 30.6 Å². The van der Waals surface area contributed by atoms with Crippen molar-refractivity contribution in [3.05, 3.63) is 0 Å². The van der Waals surface area contributed by atoms with Crippen LogP contribution in [0.2, 0.25) is 0 Å². The maximum atomic E-state index is 12.6. The maximum Gasteiger partial charge on any atom is 0.312 e. The summed E-state index contributed by atoms with van der Waals surface area (Å²) in [6.07, 6.45) is 8.11. The van der Waals surface area contributed by atoms with Crippen LogP contribution in [0.25, 0.3) is 0 Å². The first-order chi connectivity index (χ1) is 9.96. The molecule has 120 valence electrons. The van der Waals surface area contributed by atoms with Gasteiger partial charge in [-0.3, -0.25) is 4.79 Å². The summed E-state index contributed by atoms with van der Waals surface area (Å²) in [7, 11) is 0. The number of hydrogen-bond acceptors (Lipinski definition) is 3. The number of rotatable bonds is 5. The normalized spacial score (nSPS) is 24.2. The van der Waals surface area contributed by atoms with Crippen molar-refractivity contribution in [2.24, 2.45) is 11.1 Å². The number of urea groups is 1. The number of carbonyl (C=O) groups excluding carboxylic acids is 2. The van der Waals surface area contributed by atoms with E-state index in [-0.39, 0.29) is 11.0 Å². The Kier molecular flexibility index (Phi) is 5.25. The molecule has 0 aromatic carbocycles. The molecule has 2 rings (SSSR count). The van der Waals surface area contributed by atoms with Crippen molar-refractivity contribution in [1.82, 2.24) is 5.32 Å². The summed E-state index contributed by atoms with van der Waals surface area (Å²) >= 11 is 0. The molecule has 5 heteroatoms. The van der Waals surface area contributed by atoms with E-state index >= 15 is 0 Å². The van der Waals surface area contributed by atoms with Crippen LogP contribution in [-0.2, 0) is 9.53 Å². The Bertz CT molecular complexity index is 383. The van der Waals surface area contributed by atoms with Gasteiger partial charge in [0.25, 0.3) is 0 Å². The van der Waals surface area contributed by atoms with Crippen molar-refractivity contribution < 1.29 is 14.3 Å². The number of amides is 2. The summed E-state index contributed by atoms with van der Waals surface area (Å²) < 4.78 is 5.36. The van der Waals surface area contributed by atoms with Gasteiger partial charge in [-0.1, -0.05) is 26.2 Å². The Morgan fingerprint density at radius 1 is 1.10 bits per heavy atom. The third kappa shape index (κ3) is 4.19. The molecule has 2 fully saturated rings. The van der Waals surface area contributed by atoms with Crippen LogP contribution < -0.4 is 11.1 Å². The molecule has 1 saturated carbocycles. The molecule has 0 spiro atoms. The minimum absolute atomic E-state index is 0.249. The fourth-order valence-electron chi connectivity index (χ4n) is 3.68. The molecule has 1 aliphatic carbocycles. The Hall–Kier alpha value is -1.10. The second-order valence-corrected chi connectivity index (χ2v) is 6.93. The first-order valence-corrected chi connectivity index (χ1v) is 8.15. The highest BCUT2D eigenvalue weighted by molar-refractivity contribution is 5.84. The van der Waals surface area contributed by atoms with E-state index in [0.29, 0.717) is 31.8 Å². The second kappa shape index (κ2) is 6.77. The van der Waals surface area contributed by atoms with Gasteiger partial charge in [-0.25, -0.2) is 4.79 Å². The van der Waals surface area contributed by atoms with Crippen LogP contribution in [0.5, 0.6) is 0 Å². The van der Waals surface area contributed by atoms with Gasteiger partial charge in [0.1, 0.15) is 5.78 Å². The molecule has 21 heavy (non-hydrogen) atoms. The molecule has 2 aliphatic rings. The van der Waals surface area contributed by atoms with Gasteiger partial charge in [0, 0.05) is 30.6 Å². The minimum atomic E-state index is -0.471. The van der Waals surface area contributed by atoms with Gasteiger partial charge in [0.15, 0.2) is 0 Å². The van der Waals surface area contributed by atoms with Gasteiger partial charge in [0.2, 0.25) is 0 Å². The molecule has 0 unspecified atom stereocenters. The van der Waals surface area contributed by atoms with Gasteiger partial charge in [0.05, 0.1) is 0 Å². The molecular formula is C16H28N2O3. The number of nitrogens with two attached hydrogens (primary N) is 1. The molecule has 1 saturated heterocycles. The van der Waals surface area contributed by atoms with E-state index in [2.05, 4.69) is 5.32 Å². The fraction of sp³-hybridized carbons (Fsp3) is 0.875. The molecule has 0 aromatic heterocycles. The lowest BCUT2D eigenvalue weighted by atomic mass is 9.73. The zero-order chi connectivity index (χ0) is 15.3. The SMILES string of the molecule is CC1(C(=O)CCC2(NC(N)=O)CCCCC2)CCOCC1. The molecular weight excluding hydrogens is 268 g/mol. The van der Waals surface area contributed by atoms with Gasteiger partial charge < -0.3 is 15.8 Å². The summed E-state index contributed by atoms with van der Waals surface area (Å²) in [4.78, 5) is 23.9. The molecule has 1 aliphatic heterocycles. The lowest BCUT2D eigenvalue weighted by molar-refractivity contribution is -0.133. The van der Waals surface area contributed by atoms with Gasteiger partial charge in [-0.2, -0.15) is 0 Å². The molecule has 0 bridgehead atoms. The Balaban J connectivity index is 1.94. The molecule has 1 heterocycles. The first kappa shape index (κ1) is 16.3. The van der Waals surface area contributed by atoms with Crippen molar-refractivity contribution in [2.75, 3.05) is 13.2 Å². The number of primary amides is 1. The largest absolute Gasteiger partial charge is 0.381 e. The lowest BCUT2D eigenvalue weighted by Gasteiger charge is -2.39. The molecule has 3 N–H and O–H groups in total. The summed E-state index contributed by atoms with van der Waals surface area (Å²) in [5, 5.41) is 2.93. The molecule has 0 aromatic rings. The highest BCUT2D eigenvalue weighted by atomic mass is 16.5. The van der Waals surface area contributed by atoms with E-state index in [9.17, 15) is 9.59 Å². The summed E-state index contributed by atoms with van der Waals surface area (Å²) in [5.41, 5.74) is 4.82. The van der Waals surface area contributed by atoms with E-state index in [4.69, 9.17) is 10.5 Å².